The van der Waals surface area contributed by atoms with E-state index in [-0.39, 0.29) is 38.2 Å². The summed E-state index contributed by atoms with van der Waals surface area (Å²) in [6.45, 7) is 1.87. The molecule has 0 aromatic heterocycles. The van der Waals surface area contributed by atoms with E-state index in [2.05, 4.69) is 0 Å². The fourth-order valence-corrected chi connectivity index (χ4v) is 3.12. The minimum atomic E-state index is -5.20. The molecule has 1 N–H and O–H groups in total. The van der Waals surface area contributed by atoms with Crippen LogP contribution >= 0.6 is 0 Å². The van der Waals surface area contributed by atoms with Crippen molar-refractivity contribution >= 4 is 17.6 Å². The number of hydrogen-bond donors (Lipinski definition) is 1. The number of anilines is 1. The Labute approximate surface area is 156 Å². The van der Waals surface area contributed by atoms with Gasteiger partial charge < -0.3 is 14.9 Å². The van der Waals surface area contributed by atoms with Gasteiger partial charge in [-0.05, 0) is 31.5 Å². The van der Waals surface area contributed by atoms with Crippen molar-refractivity contribution in [1.82, 2.24) is 4.90 Å². The number of nitrogens with zero attached hydrogens (tertiary/aromatic N) is 2. The lowest BCUT2D eigenvalue weighted by molar-refractivity contribution is -0.162. The minimum Gasteiger partial charge on any atom is -0.481 e. The highest BCUT2D eigenvalue weighted by Crippen LogP contribution is 2.42. The second-order valence-corrected chi connectivity index (χ2v) is 6.42. The number of benzene rings is 1. The Hall–Kier alpha value is -2.46. The molecule has 11 heteroatoms. The smallest absolute Gasteiger partial charge is 0.417 e. The molecular weight excluding hydrogens is 394 g/mol. The number of hydrogen-bond acceptors (Lipinski definition) is 3. The summed E-state index contributed by atoms with van der Waals surface area (Å²) in [5, 5.41) is 8.64. The highest BCUT2D eigenvalue weighted by Gasteiger charge is 2.44. The molecule has 0 aliphatic carbocycles. The third-order valence-electron chi connectivity index (χ3n) is 4.51. The van der Waals surface area contributed by atoms with Gasteiger partial charge in [-0.15, -0.1) is 0 Å². The van der Waals surface area contributed by atoms with Crippen molar-refractivity contribution in [2.75, 3.05) is 24.5 Å². The maximum Gasteiger partial charge on any atom is 0.417 e. The van der Waals surface area contributed by atoms with E-state index in [0.29, 0.717) is 12.1 Å². The Bertz CT molecular complexity index is 747. The molecule has 0 radical (unpaired) electrons. The van der Waals surface area contributed by atoms with Crippen LogP contribution in [0, 0.1) is 0 Å². The van der Waals surface area contributed by atoms with Crippen molar-refractivity contribution in [3.63, 3.8) is 0 Å². The standard InChI is InChI=1S/C17H18F6N2O3/c1-10-15(28)24(6-2-3-14(26)27)7-8-25(10)11-4-5-12(16(18,19)20)13(9-11)17(21,22)23/h4-5,9-10H,2-3,6-8H2,1H3,(H,26,27). The lowest BCUT2D eigenvalue weighted by Gasteiger charge is -2.40. The average molecular weight is 412 g/mol. The number of carboxylic acid groups (broad SMARTS) is 1. The van der Waals surface area contributed by atoms with Crippen LogP contribution in [0.4, 0.5) is 32.0 Å². The first-order chi connectivity index (χ1) is 12.8. The summed E-state index contributed by atoms with van der Waals surface area (Å²) >= 11 is 0. The summed E-state index contributed by atoms with van der Waals surface area (Å²) in [5.41, 5.74) is -3.72. The molecule has 28 heavy (non-hydrogen) atoms. The molecule has 0 saturated carbocycles. The van der Waals surface area contributed by atoms with E-state index in [4.69, 9.17) is 5.11 Å². The summed E-state index contributed by atoms with van der Waals surface area (Å²) in [5.74, 6) is -1.44. The van der Waals surface area contributed by atoms with Gasteiger partial charge in [0.1, 0.15) is 6.04 Å². The van der Waals surface area contributed by atoms with Gasteiger partial charge >= 0.3 is 18.3 Å². The van der Waals surface area contributed by atoms with Gasteiger partial charge in [0.2, 0.25) is 5.91 Å². The largest absolute Gasteiger partial charge is 0.481 e. The molecule has 0 spiro atoms. The number of aliphatic carboxylic acids is 1. The van der Waals surface area contributed by atoms with Crippen LogP contribution in [0.25, 0.3) is 0 Å². The second kappa shape index (κ2) is 7.88. The molecule has 1 aliphatic rings. The van der Waals surface area contributed by atoms with E-state index in [9.17, 15) is 35.9 Å². The van der Waals surface area contributed by atoms with Gasteiger partial charge in [-0.2, -0.15) is 26.3 Å². The van der Waals surface area contributed by atoms with Crippen LogP contribution in [0.15, 0.2) is 18.2 Å². The third kappa shape index (κ3) is 4.87. The fourth-order valence-electron chi connectivity index (χ4n) is 3.12. The molecule has 1 aliphatic heterocycles. The molecule has 1 heterocycles. The molecule has 5 nitrogen and oxygen atoms in total. The van der Waals surface area contributed by atoms with Crippen LogP contribution in [0.2, 0.25) is 0 Å². The highest BCUT2D eigenvalue weighted by molar-refractivity contribution is 5.86. The fraction of sp³-hybridized carbons (Fsp3) is 0.529. The van der Waals surface area contributed by atoms with Crippen LogP contribution in [0.5, 0.6) is 0 Å². The van der Waals surface area contributed by atoms with Gasteiger partial charge in [0.15, 0.2) is 0 Å². The van der Waals surface area contributed by atoms with E-state index in [1.807, 2.05) is 0 Å². The summed E-state index contributed by atoms with van der Waals surface area (Å²) in [6.07, 6.45) is -10.3. The van der Waals surface area contributed by atoms with Gasteiger partial charge in [0.25, 0.3) is 0 Å². The molecule has 1 atom stereocenters. The van der Waals surface area contributed by atoms with Crippen molar-refractivity contribution in [3.05, 3.63) is 29.3 Å². The molecule has 1 unspecified atom stereocenters. The number of alkyl halides is 6. The van der Waals surface area contributed by atoms with Crippen LogP contribution in [0.1, 0.15) is 30.9 Å². The van der Waals surface area contributed by atoms with Crippen molar-refractivity contribution in [3.8, 4) is 0 Å². The van der Waals surface area contributed by atoms with Gasteiger partial charge in [0.05, 0.1) is 11.1 Å². The van der Waals surface area contributed by atoms with E-state index in [1.165, 1.54) is 16.7 Å². The zero-order chi connectivity index (χ0) is 21.3. The molecule has 1 aromatic carbocycles. The van der Waals surface area contributed by atoms with Crippen molar-refractivity contribution < 1.29 is 41.0 Å². The van der Waals surface area contributed by atoms with Crippen LogP contribution in [-0.4, -0.2) is 47.6 Å². The van der Waals surface area contributed by atoms with Gasteiger partial charge in [0, 0.05) is 31.7 Å². The van der Waals surface area contributed by atoms with E-state index in [0.717, 1.165) is 6.07 Å². The van der Waals surface area contributed by atoms with Crippen molar-refractivity contribution in [2.24, 2.45) is 0 Å². The molecule has 1 saturated heterocycles. The average Bonchev–Trinajstić information content (AvgIpc) is 2.56. The molecule has 156 valence electrons. The molecule has 0 bridgehead atoms. The first kappa shape index (κ1) is 21.8. The molecule has 1 aromatic rings. The van der Waals surface area contributed by atoms with Crippen LogP contribution in [0.3, 0.4) is 0 Å². The molecule has 1 amide bonds. The molecular formula is C17H18F6N2O3. The normalized spacial score (nSPS) is 18.5. The number of rotatable bonds is 5. The number of carbonyl (C=O) groups excluding carboxylic acids is 1. The monoisotopic (exact) mass is 412 g/mol. The van der Waals surface area contributed by atoms with E-state index in [1.54, 1.807) is 0 Å². The van der Waals surface area contributed by atoms with Crippen molar-refractivity contribution in [2.45, 2.75) is 38.2 Å². The van der Waals surface area contributed by atoms with Gasteiger partial charge in [-0.3, -0.25) is 9.59 Å². The first-order valence-electron chi connectivity index (χ1n) is 8.38. The zero-order valence-corrected chi connectivity index (χ0v) is 14.8. The number of halogens is 6. The Morgan fingerprint density at radius 1 is 1.11 bits per heavy atom. The van der Waals surface area contributed by atoms with Gasteiger partial charge in [-0.1, -0.05) is 0 Å². The predicted octanol–water partition coefficient (Wildman–Crippen LogP) is 3.63. The van der Waals surface area contributed by atoms with E-state index < -0.39 is 41.4 Å². The lowest BCUT2D eigenvalue weighted by atomic mass is 10.0. The first-order valence-corrected chi connectivity index (χ1v) is 8.38. The summed E-state index contributed by atoms with van der Waals surface area (Å²) in [7, 11) is 0. The highest BCUT2D eigenvalue weighted by atomic mass is 19.4. The Kier molecular flexibility index (Phi) is 6.15. The maximum absolute atomic E-state index is 13.1. The maximum atomic E-state index is 13.1. The van der Waals surface area contributed by atoms with E-state index >= 15 is 0 Å². The summed E-state index contributed by atoms with van der Waals surface area (Å²) < 4.78 is 78.1. The Balaban J connectivity index is 2.24. The SMILES string of the molecule is CC1C(=O)N(CCCC(=O)O)CCN1c1ccc(C(F)(F)F)c(C(F)(F)F)c1. The lowest BCUT2D eigenvalue weighted by Crippen LogP contribution is -2.56. The third-order valence-corrected chi connectivity index (χ3v) is 4.51. The number of amides is 1. The predicted molar refractivity (Wildman–Crippen MR) is 86.7 cm³/mol. The van der Waals surface area contributed by atoms with Crippen LogP contribution in [-0.2, 0) is 21.9 Å². The molecule has 2 rings (SSSR count). The quantitative estimate of drug-likeness (QED) is 0.751. The second-order valence-electron chi connectivity index (χ2n) is 6.42. The summed E-state index contributed by atoms with van der Waals surface area (Å²) in [6, 6.07) is 0.805. The number of carbonyl (C=O) groups is 2. The number of carboxylic acids is 1. The van der Waals surface area contributed by atoms with Crippen molar-refractivity contribution in [1.29, 1.82) is 0 Å². The van der Waals surface area contributed by atoms with Crippen LogP contribution < -0.4 is 4.90 Å². The number of piperazine rings is 1. The Morgan fingerprint density at radius 3 is 2.25 bits per heavy atom. The minimum absolute atomic E-state index is 0.114. The topological polar surface area (TPSA) is 60.9 Å². The zero-order valence-electron chi connectivity index (χ0n) is 14.8. The molecule has 1 fully saturated rings. The Morgan fingerprint density at radius 2 is 1.71 bits per heavy atom. The van der Waals surface area contributed by atoms with Gasteiger partial charge in [-0.25, -0.2) is 0 Å². The summed E-state index contributed by atoms with van der Waals surface area (Å²) in [4.78, 5) is 25.7.